The van der Waals surface area contributed by atoms with Crippen LogP contribution in [0.4, 0.5) is 0 Å². The van der Waals surface area contributed by atoms with Crippen molar-refractivity contribution in [2.45, 2.75) is 57.0 Å². The average molecular weight is 196 g/mol. The first-order valence-electron chi connectivity index (χ1n) is 5.81. The Morgan fingerprint density at radius 1 is 1.00 bits per heavy atom. The van der Waals surface area contributed by atoms with Gasteiger partial charge >= 0.3 is 0 Å². The first kappa shape index (κ1) is 9.97. The minimum atomic E-state index is -0.0999. The van der Waals surface area contributed by atoms with Gasteiger partial charge in [0.1, 0.15) is 0 Å². The Labute approximate surface area is 85.4 Å². The van der Waals surface area contributed by atoms with Gasteiger partial charge < -0.3 is 11.1 Å². The quantitative estimate of drug-likeness (QED) is 0.666. The lowest BCUT2D eigenvalue weighted by Gasteiger charge is -2.15. The minimum absolute atomic E-state index is 0.0999. The van der Waals surface area contributed by atoms with E-state index >= 15 is 0 Å². The van der Waals surface area contributed by atoms with Gasteiger partial charge in [0, 0.05) is 18.0 Å². The molecular weight excluding hydrogens is 176 g/mol. The molecule has 0 heterocycles. The first-order chi connectivity index (χ1) is 6.75. The van der Waals surface area contributed by atoms with E-state index in [1.165, 1.54) is 19.3 Å². The molecule has 0 aromatic carbocycles. The van der Waals surface area contributed by atoms with Crippen LogP contribution in [0.3, 0.4) is 0 Å². The van der Waals surface area contributed by atoms with E-state index < -0.39 is 0 Å². The molecule has 1 amide bonds. The van der Waals surface area contributed by atoms with Gasteiger partial charge in [-0.1, -0.05) is 6.42 Å². The van der Waals surface area contributed by atoms with E-state index in [1.807, 2.05) is 0 Å². The molecule has 0 spiro atoms. The number of amides is 1. The van der Waals surface area contributed by atoms with Crippen molar-refractivity contribution < 1.29 is 4.79 Å². The minimum Gasteiger partial charge on any atom is -0.369 e. The maximum absolute atomic E-state index is 11.1. The molecule has 2 aliphatic carbocycles. The second kappa shape index (κ2) is 4.30. The number of hydrogen-bond donors (Lipinski definition) is 2. The topological polar surface area (TPSA) is 55.1 Å². The Kier molecular flexibility index (Phi) is 3.06. The molecule has 0 aliphatic heterocycles. The average Bonchev–Trinajstić information content (AvgIpc) is 2.92. The van der Waals surface area contributed by atoms with Gasteiger partial charge in [-0.3, -0.25) is 4.79 Å². The summed E-state index contributed by atoms with van der Waals surface area (Å²) in [4.78, 5) is 11.1. The van der Waals surface area contributed by atoms with Crippen LogP contribution >= 0.6 is 0 Å². The third-order valence-electron chi connectivity index (χ3n) is 3.42. The van der Waals surface area contributed by atoms with E-state index in [1.54, 1.807) is 0 Å². The van der Waals surface area contributed by atoms with Crippen molar-refractivity contribution in [2.24, 2.45) is 11.7 Å². The van der Waals surface area contributed by atoms with E-state index in [9.17, 15) is 4.79 Å². The second-order valence-electron chi connectivity index (χ2n) is 4.75. The predicted molar refractivity (Wildman–Crippen MR) is 55.7 cm³/mol. The van der Waals surface area contributed by atoms with Crippen LogP contribution in [0.5, 0.6) is 0 Å². The number of nitrogens with two attached hydrogens (primary N) is 1. The maximum Gasteiger partial charge on any atom is 0.220 e. The highest BCUT2D eigenvalue weighted by atomic mass is 16.1. The van der Waals surface area contributed by atoms with Crippen LogP contribution in [0.2, 0.25) is 0 Å². The number of carbonyl (C=O) groups excluding carboxylic acids is 1. The van der Waals surface area contributed by atoms with Gasteiger partial charge in [0.25, 0.3) is 0 Å². The molecule has 2 unspecified atom stereocenters. The summed E-state index contributed by atoms with van der Waals surface area (Å²) < 4.78 is 0. The zero-order chi connectivity index (χ0) is 9.97. The highest BCUT2D eigenvalue weighted by Crippen LogP contribution is 2.26. The fourth-order valence-corrected chi connectivity index (χ4v) is 2.34. The predicted octanol–water partition coefficient (Wildman–Crippen LogP) is 1.17. The summed E-state index contributed by atoms with van der Waals surface area (Å²) in [5, 5.41) is 3.64. The molecule has 0 aromatic rings. The molecular formula is C11H20N2O. The number of carbonyl (C=O) groups is 1. The van der Waals surface area contributed by atoms with Crippen LogP contribution in [0.25, 0.3) is 0 Å². The van der Waals surface area contributed by atoms with E-state index in [4.69, 9.17) is 5.73 Å². The van der Waals surface area contributed by atoms with Crippen molar-refractivity contribution in [1.29, 1.82) is 0 Å². The number of hydrogen-bond acceptors (Lipinski definition) is 2. The molecule has 0 aromatic heterocycles. The van der Waals surface area contributed by atoms with Gasteiger partial charge in [-0.2, -0.15) is 0 Å². The molecule has 2 rings (SSSR count). The fraction of sp³-hybridized carbons (Fsp3) is 0.909. The van der Waals surface area contributed by atoms with Crippen molar-refractivity contribution in [3.05, 3.63) is 0 Å². The summed E-state index contributed by atoms with van der Waals surface area (Å²) in [5.41, 5.74) is 5.34. The standard InChI is InChI=1S/C11H20N2O/c12-11(14)8-2-1-3-9(5-4-8)13-10-6-7-10/h8-10,13H,1-7H2,(H2,12,14). The van der Waals surface area contributed by atoms with Crippen LogP contribution in [0.15, 0.2) is 0 Å². The zero-order valence-electron chi connectivity index (χ0n) is 8.67. The third-order valence-corrected chi connectivity index (χ3v) is 3.42. The molecule has 14 heavy (non-hydrogen) atoms. The van der Waals surface area contributed by atoms with Crippen molar-refractivity contribution >= 4 is 5.91 Å². The van der Waals surface area contributed by atoms with Gasteiger partial charge in [-0.05, 0) is 38.5 Å². The molecule has 0 radical (unpaired) electrons. The van der Waals surface area contributed by atoms with Gasteiger partial charge in [0.15, 0.2) is 0 Å². The van der Waals surface area contributed by atoms with Crippen molar-refractivity contribution in [3.8, 4) is 0 Å². The van der Waals surface area contributed by atoms with Crippen molar-refractivity contribution in [3.63, 3.8) is 0 Å². The lowest BCUT2D eigenvalue weighted by molar-refractivity contribution is -0.122. The monoisotopic (exact) mass is 196 g/mol. The molecule has 0 bridgehead atoms. The second-order valence-corrected chi connectivity index (χ2v) is 4.75. The van der Waals surface area contributed by atoms with Gasteiger partial charge in [0.2, 0.25) is 5.91 Å². The van der Waals surface area contributed by atoms with E-state index in [2.05, 4.69) is 5.32 Å². The highest BCUT2D eigenvalue weighted by molar-refractivity contribution is 5.76. The molecule has 80 valence electrons. The summed E-state index contributed by atoms with van der Waals surface area (Å²) in [7, 11) is 0. The number of rotatable bonds is 3. The van der Waals surface area contributed by atoms with Crippen LogP contribution in [0, 0.1) is 5.92 Å². The molecule has 2 aliphatic rings. The smallest absolute Gasteiger partial charge is 0.220 e. The van der Waals surface area contributed by atoms with Crippen LogP contribution in [-0.4, -0.2) is 18.0 Å². The fourth-order valence-electron chi connectivity index (χ4n) is 2.34. The van der Waals surface area contributed by atoms with Crippen molar-refractivity contribution in [1.82, 2.24) is 5.32 Å². The Morgan fingerprint density at radius 3 is 2.29 bits per heavy atom. The summed E-state index contributed by atoms with van der Waals surface area (Å²) >= 11 is 0. The Morgan fingerprint density at radius 2 is 1.64 bits per heavy atom. The lowest BCUT2D eigenvalue weighted by Crippen LogP contribution is -2.30. The number of primary amides is 1. The summed E-state index contributed by atoms with van der Waals surface area (Å²) in [6, 6.07) is 1.43. The normalized spacial score (nSPS) is 33.7. The number of nitrogens with one attached hydrogen (secondary N) is 1. The van der Waals surface area contributed by atoms with Crippen LogP contribution in [0.1, 0.15) is 44.9 Å². The largest absolute Gasteiger partial charge is 0.369 e. The van der Waals surface area contributed by atoms with E-state index in [-0.39, 0.29) is 11.8 Å². The summed E-state index contributed by atoms with van der Waals surface area (Å²) in [5.74, 6) is 0.0399. The maximum atomic E-state index is 11.1. The van der Waals surface area contributed by atoms with Gasteiger partial charge in [-0.15, -0.1) is 0 Å². The molecule has 3 nitrogen and oxygen atoms in total. The third kappa shape index (κ3) is 2.71. The highest BCUT2D eigenvalue weighted by Gasteiger charge is 2.27. The summed E-state index contributed by atoms with van der Waals surface area (Å²) in [6.07, 6.45) is 8.17. The lowest BCUT2D eigenvalue weighted by atomic mass is 10.00. The Balaban J connectivity index is 1.77. The molecule has 3 N–H and O–H groups in total. The SMILES string of the molecule is NC(=O)C1CCCC(NC2CC2)CC1. The zero-order valence-corrected chi connectivity index (χ0v) is 8.67. The van der Waals surface area contributed by atoms with Crippen LogP contribution < -0.4 is 11.1 Å². The molecule has 0 saturated heterocycles. The first-order valence-corrected chi connectivity index (χ1v) is 5.81. The Hall–Kier alpha value is -0.570. The molecule has 2 saturated carbocycles. The Bertz CT molecular complexity index is 213. The molecule has 3 heteroatoms. The van der Waals surface area contributed by atoms with Crippen molar-refractivity contribution in [2.75, 3.05) is 0 Å². The molecule has 2 fully saturated rings. The van der Waals surface area contributed by atoms with Crippen LogP contribution in [-0.2, 0) is 4.79 Å². The van der Waals surface area contributed by atoms with Gasteiger partial charge in [0.05, 0.1) is 0 Å². The van der Waals surface area contributed by atoms with E-state index in [0.717, 1.165) is 31.7 Å². The van der Waals surface area contributed by atoms with Gasteiger partial charge in [-0.25, -0.2) is 0 Å². The summed E-state index contributed by atoms with van der Waals surface area (Å²) in [6.45, 7) is 0. The molecule has 2 atom stereocenters. The van der Waals surface area contributed by atoms with E-state index in [0.29, 0.717) is 6.04 Å².